The van der Waals surface area contributed by atoms with Gasteiger partial charge < -0.3 is 10.2 Å². The Morgan fingerprint density at radius 1 is 0.522 bits per heavy atom. The van der Waals surface area contributed by atoms with Gasteiger partial charge in [-0.3, -0.25) is 0 Å². The zero-order chi connectivity index (χ0) is 32.5. The summed E-state index contributed by atoms with van der Waals surface area (Å²) in [5.74, 6) is 2.81. The minimum absolute atomic E-state index is 0.235. The van der Waals surface area contributed by atoms with E-state index in [1.54, 1.807) is 72.8 Å². The van der Waals surface area contributed by atoms with E-state index >= 15 is 0 Å². The molecule has 0 spiro atoms. The van der Waals surface area contributed by atoms with E-state index in [0.717, 1.165) is 38.5 Å². The molecule has 4 aliphatic rings. The Balaban J connectivity index is 0.000000177. The summed E-state index contributed by atoms with van der Waals surface area (Å²) >= 11 is 5.10. The van der Waals surface area contributed by atoms with Crippen molar-refractivity contribution in [3.05, 3.63) is 91.0 Å². The molecule has 3 aromatic rings. The zero-order valence-electron chi connectivity index (χ0n) is 24.9. The number of rotatable bonds is 10. The molecule has 3 aromatic carbocycles. The normalized spacial score (nSPS) is 29.4. The van der Waals surface area contributed by atoms with Crippen molar-refractivity contribution in [2.75, 3.05) is 0 Å². The number of benzene rings is 3. The molecule has 4 saturated carbocycles. The Bertz CT molecular complexity index is 1350. The highest BCUT2D eigenvalue weighted by Crippen LogP contribution is 2.52. The van der Waals surface area contributed by atoms with Crippen LogP contribution in [0.3, 0.4) is 0 Å². The minimum Gasteiger partial charge on any atom is -0.390 e. The first-order chi connectivity index (χ1) is 22.3. The summed E-state index contributed by atoms with van der Waals surface area (Å²) in [7, 11) is -6.74. The second-order valence-electron chi connectivity index (χ2n) is 11.7. The van der Waals surface area contributed by atoms with Gasteiger partial charge in [-0.25, -0.2) is 13.6 Å². The van der Waals surface area contributed by atoms with E-state index in [2.05, 4.69) is 4.52 Å². The quantitative estimate of drug-likeness (QED) is 0.197. The van der Waals surface area contributed by atoms with E-state index in [1.807, 2.05) is 18.2 Å². The third-order valence-corrected chi connectivity index (χ3v) is 10.9. The van der Waals surface area contributed by atoms with Gasteiger partial charge in [-0.05, 0) is 98.6 Å². The third-order valence-electron chi connectivity index (χ3n) is 8.78. The molecule has 4 aliphatic carbocycles. The highest BCUT2D eigenvalue weighted by Gasteiger charge is 2.57. The molecule has 0 heterocycles. The minimum atomic E-state index is -2.35. The van der Waals surface area contributed by atoms with Crippen molar-refractivity contribution in [3.63, 3.8) is 0 Å². The van der Waals surface area contributed by atoms with Crippen LogP contribution in [0.1, 0.15) is 38.5 Å². The summed E-state index contributed by atoms with van der Waals surface area (Å²) < 4.78 is 61.7. The predicted octanol–water partition coefficient (Wildman–Crippen LogP) is 8.76. The molecule has 7 rings (SSSR count). The largest absolute Gasteiger partial charge is 0.750 e. The molecule has 0 amide bonds. The fourth-order valence-corrected chi connectivity index (χ4v) is 8.83. The molecule has 11 atom stereocenters. The Morgan fingerprint density at radius 3 is 1.17 bits per heavy atom. The zero-order valence-corrected chi connectivity index (χ0v) is 28.3. The summed E-state index contributed by atoms with van der Waals surface area (Å²) in [6.45, 7) is 0. The Labute approximate surface area is 275 Å². The first-order valence-corrected chi connectivity index (χ1v) is 19.5. The molecule has 11 unspecified atom stereocenters. The van der Waals surface area contributed by atoms with Gasteiger partial charge >= 0.3 is 23.9 Å². The molecular formula is C32H37ClO10P3+3. The van der Waals surface area contributed by atoms with Crippen LogP contribution in [0, 0.1) is 23.7 Å². The van der Waals surface area contributed by atoms with Crippen LogP contribution in [0.5, 0.6) is 17.2 Å². The van der Waals surface area contributed by atoms with Gasteiger partial charge in [0.05, 0.1) is 12.2 Å². The van der Waals surface area contributed by atoms with Crippen LogP contribution >= 0.6 is 35.1 Å². The molecule has 10 nitrogen and oxygen atoms in total. The molecule has 0 aliphatic heterocycles. The van der Waals surface area contributed by atoms with Crippen molar-refractivity contribution >= 4 is 35.1 Å². The van der Waals surface area contributed by atoms with Crippen LogP contribution < -0.4 is 13.6 Å². The molecule has 0 saturated heterocycles. The van der Waals surface area contributed by atoms with Crippen molar-refractivity contribution in [1.29, 1.82) is 0 Å². The molecule has 14 heteroatoms. The number of para-hydroxylation sites is 3. The molecule has 46 heavy (non-hydrogen) atoms. The van der Waals surface area contributed by atoms with Gasteiger partial charge in [-0.15, -0.1) is 9.05 Å². The van der Waals surface area contributed by atoms with Crippen LogP contribution in [0.4, 0.5) is 0 Å². The molecule has 244 valence electrons. The van der Waals surface area contributed by atoms with Crippen LogP contribution in [0.15, 0.2) is 91.0 Å². The second kappa shape index (κ2) is 17.1. The van der Waals surface area contributed by atoms with Crippen molar-refractivity contribution < 1.29 is 46.5 Å². The summed E-state index contributed by atoms with van der Waals surface area (Å²) in [6, 6.07) is 26.6. The van der Waals surface area contributed by atoms with Crippen molar-refractivity contribution in [1.82, 2.24) is 0 Å². The topological polar surface area (TPSA) is 138 Å². The van der Waals surface area contributed by atoms with Crippen LogP contribution in [0.2, 0.25) is 0 Å². The van der Waals surface area contributed by atoms with E-state index in [9.17, 15) is 23.9 Å². The van der Waals surface area contributed by atoms with Gasteiger partial charge in [0.1, 0.15) is 0 Å². The Morgan fingerprint density at radius 2 is 0.848 bits per heavy atom. The summed E-state index contributed by atoms with van der Waals surface area (Å²) in [6.07, 6.45) is 4.59. The van der Waals surface area contributed by atoms with Crippen molar-refractivity contribution in [2.24, 2.45) is 23.7 Å². The average molecular weight is 710 g/mol. The van der Waals surface area contributed by atoms with Gasteiger partial charge in [-0.2, -0.15) is 0 Å². The maximum Gasteiger partial charge on any atom is 0.750 e. The number of fused-ring (bicyclic) bond motifs is 4. The molecular weight excluding hydrogens is 673 g/mol. The lowest BCUT2D eigenvalue weighted by molar-refractivity contribution is -0.0160. The maximum atomic E-state index is 12.3. The predicted molar refractivity (Wildman–Crippen MR) is 173 cm³/mol. The van der Waals surface area contributed by atoms with E-state index in [1.165, 1.54) is 0 Å². The highest BCUT2D eigenvalue weighted by atomic mass is 35.7. The smallest absolute Gasteiger partial charge is 0.390 e. The Kier molecular flexibility index (Phi) is 12.9. The SMILES string of the molecule is O=[P+](Cl)Oc1ccccc1.O=[P+](Oc1ccccc1)OC1C2CCC(C2)C1O[P+](=O)Oc1ccccc1.OC1C2CCC(C2)C1O. The van der Waals surface area contributed by atoms with Crippen LogP contribution in [-0.2, 0) is 22.7 Å². The standard InChI is InChI=1S/C19H20O6P2.C7H12O2.C6H5ClO2P/c20-26(22-16-7-3-1-4-8-16)24-18-14-11-12-15(13-14)19(18)25-27(21)23-17-9-5-2-6-10-17;8-6-4-1-2-5(3-4)7(6)9;7-10(8)9-6-4-2-1-3-5-6/h1-10,14-15,18-19H,11-13H2;4-9H,1-3H2;1-5H/q+2;;+1. The van der Waals surface area contributed by atoms with Crippen LogP contribution in [-0.4, -0.2) is 34.6 Å². The number of halogens is 1. The Hall–Kier alpha value is -2.51. The molecule has 0 radical (unpaired) electrons. The maximum absolute atomic E-state index is 12.3. The van der Waals surface area contributed by atoms with Gasteiger partial charge in [0, 0.05) is 13.7 Å². The number of hydrogen-bond acceptors (Lipinski definition) is 10. The van der Waals surface area contributed by atoms with Crippen LogP contribution in [0.25, 0.3) is 0 Å². The molecule has 2 N–H and O–H groups in total. The van der Waals surface area contributed by atoms with Crippen molar-refractivity contribution in [2.45, 2.75) is 62.9 Å². The fourth-order valence-electron chi connectivity index (χ4n) is 6.65. The van der Waals surface area contributed by atoms with E-state index < -0.39 is 48.3 Å². The lowest BCUT2D eigenvalue weighted by Crippen LogP contribution is -2.34. The second-order valence-corrected chi connectivity index (χ2v) is 14.8. The summed E-state index contributed by atoms with van der Waals surface area (Å²) in [5, 5.41) is 18.5. The number of hydrogen-bond donors (Lipinski definition) is 2. The first-order valence-electron chi connectivity index (χ1n) is 15.2. The highest BCUT2D eigenvalue weighted by molar-refractivity contribution is 7.70. The lowest BCUT2D eigenvalue weighted by Gasteiger charge is -2.21. The lowest BCUT2D eigenvalue weighted by atomic mass is 9.95. The first kappa shape index (κ1) is 34.8. The molecule has 0 aromatic heterocycles. The average Bonchev–Trinajstić information content (AvgIpc) is 3.84. The van der Waals surface area contributed by atoms with Gasteiger partial charge in [0.2, 0.25) is 0 Å². The van der Waals surface area contributed by atoms with Gasteiger partial charge in [0.15, 0.2) is 29.5 Å². The third kappa shape index (κ3) is 9.76. The van der Waals surface area contributed by atoms with Gasteiger partial charge in [0.25, 0.3) is 11.2 Å². The summed E-state index contributed by atoms with van der Waals surface area (Å²) in [4.78, 5) is 0. The fraction of sp³-hybridized carbons (Fsp3) is 0.438. The molecule has 4 bridgehead atoms. The number of aliphatic hydroxyl groups excluding tert-OH is 2. The van der Waals surface area contributed by atoms with Crippen molar-refractivity contribution in [3.8, 4) is 17.2 Å². The summed E-state index contributed by atoms with van der Waals surface area (Å²) in [5.41, 5.74) is 0. The van der Waals surface area contributed by atoms with E-state index in [4.69, 9.17) is 29.3 Å². The van der Waals surface area contributed by atoms with Gasteiger partial charge in [-0.1, -0.05) is 54.6 Å². The van der Waals surface area contributed by atoms with E-state index in [0.29, 0.717) is 29.1 Å². The number of aliphatic hydroxyl groups is 2. The van der Waals surface area contributed by atoms with E-state index in [-0.39, 0.29) is 11.8 Å². The molecule has 4 fully saturated rings. The monoisotopic (exact) mass is 709 g/mol.